The number of nitrogens with zero attached hydrogens (tertiary/aromatic N) is 2. The molecule has 1 aliphatic heterocycles. The number of likely N-dealkylation sites (tertiary alicyclic amines) is 1. The largest absolute Gasteiger partial charge is 0.444 e. The fourth-order valence-corrected chi connectivity index (χ4v) is 6.67. The van der Waals surface area contributed by atoms with E-state index in [2.05, 4.69) is 72.5 Å². The van der Waals surface area contributed by atoms with E-state index in [9.17, 15) is 0 Å². The van der Waals surface area contributed by atoms with Gasteiger partial charge in [-0.15, -0.1) is 0 Å². The molecule has 1 saturated carbocycles. The average molecular weight is 471 g/mol. The number of piperidine rings is 1. The third kappa shape index (κ3) is 6.25. The lowest BCUT2D eigenvalue weighted by Crippen LogP contribution is -2.40. The Bertz CT molecular complexity index is 1010. The van der Waals surface area contributed by atoms with E-state index >= 15 is 0 Å². The minimum Gasteiger partial charge on any atom is -0.444 e. The summed E-state index contributed by atoms with van der Waals surface area (Å²) in [7, 11) is 0. The minimum atomic E-state index is 0.287. The van der Waals surface area contributed by atoms with E-state index in [1.165, 1.54) is 82.0 Å². The molecule has 3 nitrogen and oxygen atoms in total. The normalized spacial score (nSPS) is 22.8. The molecule has 5 rings (SSSR count). The second kappa shape index (κ2) is 12.0. The molecule has 2 aliphatic rings. The number of aryl methyl sites for hydroxylation is 1. The van der Waals surface area contributed by atoms with Crippen LogP contribution in [0.25, 0.3) is 0 Å². The standard InChI is InChI=1S/C32H42N2O/c1-2-26-20-21-34(23-29(26)19-18-25-12-6-3-7-13-25)24-30-22-33-32(35-30)31(27-14-8-4-9-15-27)28-16-10-5-11-17-28/h3-4,6-9,12-15,22,26,28-29,31H,2,5,10-11,16-21,23-24H2,1H3. The van der Waals surface area contributed by atoms with Crippen LogP contribution in [0.2, 0.25) is 0 Å². The fourth-order valence-electron chi connectivity index (χ4n) is 6.67. The van der Waals surface area contributed by atoms with Crippen LogP contribution >= 0.6 is 0 Å². The van der Waals surface area contributed by atoms with Gasteiger partial charge in [0, 0.05) is 6.54 Å². The molecule has 1 aliphatic carbocycles. The summed E-state index contributed by atoms with van der Waals surface area (Å²) in [5, 5.41) is 0. The maximum Gasteiger partial charge on any atom is 0.202 e. The predicted molar refractivity (Wildman–Crippen MR) is 143 cm³/mol. The highest BCUT2D eigenvalue weighted by atomic mass is 16.4. The van der Waals surface area contributed by atoms with Crippen LogP contribution < -0.4 is 0 Å². The molecule has 1 saturated heterocycles. The van der Waals surface area contributed by atoms with Gasteiger partial charge in [-0.25, -0.2) is 4.98 Å². The summed E-state index contributed by atoms with van der Waals surface area (Å²) in [6, 6.07) is 21.9. The SMILES string of the molecule is CCC1CCN(Cc2cnc(C(c3ccccc3)C3CCCCC3)o2)CC1CCc1ccccc1. The summed E-state index contributed by atoms with van der Waals surface area (Å²) in [5.41, 5.74) is 2.83. The Balaban J connectivity index is 1.25. The van der Waals surface area contributed by atoms with Crippen LogP contribution in [-0.2, 0) is 13.0 Å². The van der Waals surface area contributed by atoms with Gasteiger partial charge in [-0.05, 0) is 67.5 Å². The molecule has 0 N–H and O–H groups in total. The molecule has 1 aromatic heterocycles. The minimum absolute atomic E-state index is 0.287. The smallest absolute Gasteiger partial charge is 0.202 e. The van der Waals surface area contributed by atoms with Crippen LogP contribution in [0.15, 0.2) is 71.3 Å². The van der Waals surface area contributed by atoms with Crippen molar-refractivity contribution in [3.05, 3.63) is 89.6 Å². The molecule has 186 valence electrons. The maximum atomic E-state index is 6.52. The molecule has 3 heteroatoms. The van der Waals surface area contributed by atoms with Gasteiger partial charge in [0.2, 0.25) is 5.89 Å². The molecule has 3 atom stereocenters. The zero-order valence-electron chi connectivity index (χ0n) is 21.4. The van der Waals surface area contributed by atoms with Gasteiger partial charge < -0.3 is 4.42 Å². The summed E-state index contributed by atoms with van der Waals surface area (Å²) >= 11 is 0. The topological polar surface area (TPSA) is 29.3 Å². The van der Waals surface area contributed by atoms with Crippen LogP contribution in [-0.4, -0.2) is 23.0 Å². The Morgan fingerprint density at radius 2 is 1.66 bits per heavy atom. The zero-order chi connectivity index (χ0) is 23.9. The molecule has 0 spiro atoms. The first kappa shape index (κ1) is 24.3. The summed E-state index contributed by atoms with van der Waals surface area (Å²) in [5.74, 6) is 4.50. The van der Waals surface area contributed by atoms with Crippen LogP contribution in [0, 0.1) is 17.8 Å². The number of oxazole rings is 1. The average Bonchev–Trinajstić information content (AvgIpc) is 3.37. The van der Waals surface area contributed by atoms with Crippen molar-refractivity contribution in [2.24, 2.45) is 17.8 Å². The van der Waals surface area contributed by atoms with Gasteiger partial charge in [-0.1, -0.05) is 93.3 Å². The Kier molecular flexibility index (Phi) is 8.36. The van der Waals surface area contributed by atoms with E-state index < -0.39 is 0 Å². The van der Waals surface area contributed by atoms with Crippen LogP contribution in [0.5, 0.6) is 0 Å². The molecule has 3 unspecified atom stereocenters. The highest BCUT2D eigenvalue weighted by molar-refractivity contribution is 5.26. The van der Waals surface area contributed by atoms with Gasteiger partial charge in [0.15, 0.2) is 0 Å². The van der Waals surface area contributed by atoms with E-state index in [1.807, 2.05) is 6.20 Å². The number of aromatic nitrogens is 1. The maximum absolute atomic E-state index is 6.52. The van der Waals surface area contributed by atoms with Gasteiger partial charge in [0.25, 0.3) is 0 Å². The third-order valence-electron chi connectivity index (χ3n) is 8.64. The van der Waals surface area contributed by atoms with Gasteiger partial charge in [-0.3, -0.25) is 4.90 Å². The number of rotatable bonds is 9. The third-order valence-corrected chi connectivity index (χ3v) is 8.64. The summed E-state index contributed by atoms with van der Waals surface area (Å²) < 4.78 is 6.52. The molecular weight excluding hydrogens is 428 g/mol. The zero-order valence-corrected chi connectivity index (χ0v) is 21.4. The predicted octanol–water partition coefficient (Wildman–Crippen LogP) is 7.87. The quantitative estimate of drug-likeness (QED) is 0.319. The van der Waals surface area contributed by atoms with Crippen molar-refractivity contribution < 1.29 is 4.42 Å². The molecule has 0 amide bonds. The monoisotopic (exact) mass is 470 g/mol. The lowest BCUT2D eigenvalue weighted by atomic mass is 9.77. The number of hydrogen-bond donors (Lipinski definition) is 0. The van der Waals surface area contributed by atoms with Gasteiger partial charge in [0.1, 0.15) is 5.76 Å². The Labute approximate surface area is 212 Å². The fraction of sp³-hybridized carbons (Fsp3) is 0.531. The van der Waals surface area contributed by atoms with Crippen LogP contribution in [0.3, 0.4) is 0 Å². The molecular formula is C32H42N2O. The van der Waals surface area contributed by atoms with Crippen molar-refractivity contribution >= 4 is 0 Å². The highest BCUT2D eigenvalue weighted by Gasteiger charge is 2.31. The molecule has 2 aromatic carbocycles. The second-order valence-electron chi connectivity index (χ2n) is 10.9. The Hall–Kier alpha value is -2.39. The van der Waals surface area contributed by atoms with Gasteiger partial charge in [0.05, 0.1) is 18.7 Å². The van der Waals surface area contributed by atoms with E-state index in [0.29, 0.717) is 5.92 Å². The number of benzene rings is 2. The van der Waals surface area contributed by atoms with Crippen LogP contribution in [0.4, 0.5) is 0 Å². The van der Waals surface area contributed by atoms with Gasteiger partial charge >= 0.3 is 0 Å². The second-order valence-corrected chi connectivity index (χ2v) is 10.9. The highest BCUT2D eigenvalue weighted by Crippen LogP contribution is 2.40. The van der Waals surface area contributed by atoms with Crippen molar-refractivity contribution in [1.82, 2.24) is 9.88 Å². The van der Waals surface area contributed by atoms with Crippen molar-refractivity contribution in [3.8, 4) is 0 Å². The molecule has 2 heterocycles. The Morgan fingerprint density at radius 1 is 0.914 bits per heavy atom. The first-order chi connectivity index (χ1) is 17.3. The van der Waals surface area contributed by atoms with Crippen molar-refractivity contribution in [3.63, 3.8) is 0 Å². The van der Waals surface area contributed by atoms with Crippen molar-refractivity contribution in [1.29, 1.82) is 0 Å². The molecule has 35 heavy (non-hydrogen) atoms. The molecule has 3 aromatic rings. The first-order valence-electron chi connectivity index (χ1n) is 14.1. The molecule has 0 bridgehead atoms. The lowest BCUT2D eigenvalue weighted by Gasteiger charge is -2.38. The van der Waals surface area contributed by atoms with E-state index in [4.69, 9.17) is 9.40 Å². The molecule has 2 fully saturated rings. The number of hydrogen-bond acceptors (Lipinski definition) is 3. The van der Waals surface area contributed by atoms with Gasteiger partial charge in [-0.2, -0.15) is 0 Å². The summed E-state index contributed by atoms with van der Waals surface area (Å²) in [4.78, 5) is 7.48. The van der Waals surface area contributed by atoms with E-state index in [-0.39, 0.29) is 5.92 Å². The van der Waals surface area contributed by atoms with Crippen LogP contribution in [0.1, 0.15) is 87.0 Å². The van der Waals surface area contributed by atoms with Crippen molar-refractivity contribution in [2.45, 2.75) is 77.2 Å². The first-order valence-corrected chi connectivity index (χ1v) is 14.1. The molecule has 0 radical (unpaired) electrons. The summed E-state index contributed by atoms with van der Waals surface area (Å²) in [6.45, 7) is 5.60. The summed E-state index contributed by atoms with van der Waals surface area (Å²) in [6.07, 6.45) is 13.7. The van der Waals surface area contributed by atoms with E-state index in [0.717, 1.165) is 30.0 Å². The lowest BCUT2D eigenvalue weighted by molar-refractivity contribution is 0.0981. The Morgan fingerprint density at radius 3 is 2.40 bits per heavy atom. The van der Waals surface area contributed by atoms with E-state index in [1.54, 1.807) is 0 Å². The van der Waals surface area contributed by atoms with Crippen molar-refractivity contribution in [2.75, 3.05) is 13.1 Å².